The lowest BCUT2D eigenvalue weighted by molar-refractivity contribution is -0.143. The summed E-state index contributed by atoms with van der Waals surface area (Å²) in [5.74, 6) is 4.82. The van der Waals surface area contributed by atoms with E-state index in [2.05, 4.69) is 17.6 Å². The first-order chi connectivity index (χ1) is 39.7. The Morgan fingerprint density at radius 1 is 0.663 bits per heavy atom. The minimum atomic E-state index is -5.14. The van der Waals surface area contributed by atoms with Crippen LogP contribution in [0.15, 0.2) is 127 Å². The lowest BCUT2D eigenvalue weighted by Crippen LogP contribution is -2.53. The maximum atomic E-state index is 15.3. The van der Waals surface area contributed by atoms with E-state index in [9.17, 15) is 22.8 Å². The second-order valence-electron chi connectivity index (χ2n) is 24.3. The zero-order valence-corrected chi connectivity index (χ0v) is 47.5. The summed E-state index contributed by atoms with van der Waals surface area (Å²) in [7, 11) is 3.06. The van der Waals surface area contributed by atoms with Crippen LogP contribution in [-0.2, 0) is 28.2 Å². The predicted molar refractivity (Wildman–Crippen MR) is 314 cm³/mol. The highest BCUT2D eigenvalue weighted by Gasteiger charge is 2.55. The lowest BCUT2D eigenvalue weighted by Gasteiger charge is -2.59. The average Bonchev–Trinajstić information content (AvgIpc) is 3.88. The second-order valence-corrected chi connectivity index (χ2v) is 24.3. The molecule has 7 aromatic rings. The van der Waals surface area contributed by atoms with Crippen LogP contribution in [0.1, 0.15) is 140 Å². The molecule has 7 aromatic carbocycles. The van der Waals surface area contributed by atoms with Crippen molar-refractivity contribution in [2.45, 2.75) is 115 Å². The molecule has 4 aliphatic carbocycles. The number of aryl methyl sites for hydroxylation is 1. The number of halogens is 6. The van der Waals surface area contributed by atoms with Gasteiger partial charge in [0, 0.05) is 55.9 Å². The Balaban J connectivity index is 0.859. The van der Waals surface area contributed by atoms with E-state index < -0.39 is 34.5 Å². The number of nitrogens with one attached hydrogen (secondary N) is 2. The van der Waals surface area contributed by atoms with Crippen molar-refractivity contribution in [2.24, 2.45) is 35.5 Å². The third-order valence-electron chi connectivity index (χ3n) is 19.3. The first-order valence-corrected chi connectivity index (χ1v) is 29.2. The van der Waals surface area contributed by atoms with Gasteiger partial charge in [-0.25, -0.2) is 0 Å². The largest absolute Gasteiger partial charge is 0.497 e. The van der Waals surface area contributed by atoms with Gasteiger partial charge in [-0.1, -0.05) is 107 Å². The van der Waals surface area contributed by atoms with Crippen LogP contribution in [0.4, 0.5) is 37.7 Å². The molecule has 1 heterocycles. The van der Waals surface area contributed by atoms with Crippen molar-refractivity contribution in [3.05, 3.63) is 177 Å². The number of hydrogen-bond donors (Lipinski definition) is 2. The van der Waals surface area contributed by atoms with Gasteiger partial charge in [-0.2, -0.15) is 26.3 Å². The number of alkyl halides is 6. The van der Waals surface area contributed by atoms with E-state index in [1.807, 2.05) is 73.7 Å². The van der Waals surface area contributed by atoms with Gasteiger partial charge in [0.05, 0.1) is 25.3 Å². The molecule has 7 nitrogen and oxygen atoms in total. The molecular weight excluding hydrogens is 1060 g/mol. The molecule has 13 heteroatoms. The third-order valence-corrected chi connectivity index (χ3v) is 19.3. The van der Waals surface area contributed by atoms with E-state index >= 15 is 13.2 Å². The number of ether oxygens (including phenoxy) is 3. The molecule has 83 heavy (non-hydrogen) atoms. The molecule has 0 bridgehead atoms. The molecule has 3 saturated carbocycles. The molecule has 1 aliphatic heterocycles. The van der Waals surface area contributed by atoms with Gasteiger partial charge in [-0.3, -0.25) is 9.59 Å². The molecular formula is C70H68F6N2O5. The number of hydrogen-bond acceptors (Lipinski definition) is 5. The van der Waals surface area contributed by atoms with Crippen molar-refractivity contribution in [3.8, 4) is 39.5 Å². The summed E-state index contributed by atoms with van der Waals surface area (Å²) in [6.07, 6.45) is 5.72. The Labute approximate surface area is 480 Å². The smallest absolute Gasteiger partial charge is 0.416 e. The molecule has 0 spiro atoms. The van der Waals surface area contributed by atoms with Crippen molar-refractivity contribution in [3.63, 3.8) is 0 Å². The van der Waals surface area contributed by atoms with Crippen LogP contribution in [0.5, 0.6) is 17.2 Å². The molecule has 0 radical (unpaired) electrons. The van der Waals surface area contributed by atoms with Crippen LogP contribution in [0.3, 0.4) is 0 Å². The Kier molecular flexibility index (Phi) is 14.3. The highest BCUT2D eigenvalue weighted by molar-refractivity contribution is 6.11. The van der Waals surface area contributed by atoms with Crippen LogP contribution in [0, 0.1) is 42.4 Å². The third kappa shape index (κ3) is 9.83. The van der Waals surface area contributed by atoms with E-state index in [-0.39, 0.29) is 40.5 Å². The molecule has 7 atom stereocenters. The summed E-state index contributed by atoms with van der Waals surface area (Å²) in [6, 6.07) is 33.6. The summed E-state index contributed by atoms with van der Waals surface area (Å²) >= 11 is 0. The summed E-state index contributed by atoms with van der Waals surface area (Å²) in [4.78, 5) is 27.5. The highest BCUT2D eigenvalue weighted by atomic mass is 19.4. The normalized spacial score (nSPS) is 22.9. The highest BCUT2D eigenvalue weighted by Crippen LogP contribution is 2.63. The lowest BCUT2D eigenvalue weighted by atomic mass is 9.45. The van der Waals surface area contributed by atoms with Gasteiger partial charge in [0.2, 0.25) is 5.91 Å². The molecule has 0 aromatic heterocycles. The van der Waals surface area contributed by atoms with Crippen molar-refractivity contribution in [1.82, 2.24) is 0 Å². The van der Waals surface area contributed by atoms with Crippen LogP contribution < -0.4 is 24.8 Å². The number of unbranched alkanes of at least 4 members (excludes halogenated alkanes) is 2. The van der Waals surface area contributed by atoms with Gasteiger partial charge in [0.1, 0.15) is 17.2 Å². The maximum absolute atomic E-state index is 15.3. The molecule has 0 saturated heterocycles. The van der Waals surface area contributed by atoms with E-state index in [0.29, 0.717) is 84.3 Å². The van der Waals surface area contributed by atoms with Crippen LogP contribution in [0.2, 0.25) is 0 Å². The monoisotopic (exact) mass is 1130 g/mol. The second kappa shape index (κ2) is 21.3. The van der Waals surface area contributed by atoms with E-state index in [1.54, 1.807) is 75.6 Å². The zero-order chi connectivity index (χ0) is 58.3. The van der Waals surface area contributed by atoms with Crippen molar-refractivity contribution in [1.29, 1.82) is 0 Å². The van der Waals surface area contributed by atoms with E-state index in [1.165, 1.54) is 52.1 Å². The van der Waals surface area contributed by atoms with Crippen molar-refractivity contribution < 1.29 is 50.1 Å². The molecule has 430 valence electrons. The fraction of sp³-hybridized carbons (Fsp3) is 0.371. The average molecular weight is 1130 g/mol. The molecule has 3 fully saturated rings. The summed E-state index contributed by atoms with van der Waals surface area (Å²) in [6.45, 7) is 7.34. The number of carbonyl (C=O) groups is 2. The topological polar surface area (TPSA) is 85.9 Å². The van der Waals surface area contributed by atoms with Crippen LogP contribution >= 0.6 is 0 Å². The molecule has 12 rings (SSSR count). The van der Waals surface area contributed by atoms with Crippen LogP contribution in [-0.4, -0.2) is 26.0 Å². The number of rotatable bonds is 13. The number of anilines is 2. The van der Waals surface area contributed by atoms with E-state index in [4.69, 9.17) is 14.2 Å². The fourth-order valence-corrected chi connectivity index (χ4v) is 15.3. The van der Waals surface area contributed by atoms with Gasteiger partial charge in [0.25, 0.3) is 5.91 Å². The number of fused-ring (bicyclic) bond motifs is 12. The zero-order valence-electron chi connectivity index (χ0n) is 47.5. The Morgan fingerprint density at radius 3 is 2.04 bits per heavy atom. The van der Waals surface area contributed by atoms with Crippen molar-refractivity contribution >= 4 is 40.0 Å². The Hall–Kier alpha value is -7.54. The number of carbonyl (C=O) groups excluding carboxylic acids is 2. The minimum absolute atomic E-state index is 0.0198. The molecule has 2 amide bonds. The minimum Gasteiger partial charge on any atom is -0.497 e. The fourth-order valence-electron chi connectivity index (χ4n) is 15.3. The summed E-state index contributed by atoms with van der Waals surface area (Å²) in [5.41, 5.74) is -0.188. The van der Waals surface area contributed by atoms with Crippen LogP contribution in [0.25, 0.3) is 39.1 Å². The number of benzene rings is 7. The summed E-state index contributed by atoms with van der Waals surface area (Å²) < 4.78 is 109. The van der Waals surface area contributed by atoms with Gasteiger partial charge in [-0.05, 0) is 186 Å². The standard InChI is InChI=1S/C70H68F6N2O5/c1-7-8-10-13-40-16-27-50-53(33-40)51-28-19-42(34-54(50)51)66(80)77-46-22-17-41(18-23-46)65(79)78-47-24-29-49(39(2)32-47)55-37-56-57(38-60(55)82-6)64-52(30-31-68(83-64,43-14-11-9-12-15-43)44-20-25-48(81-5)26-21-44)63-61(56)58-35-45(69(71,72)73)36-59(70(74,75)76)62(58)67(63,3)4/h9,11-12,14-15,17-18,20-26,29-32,35-38,40,42,50-51,53-54H,7-8,10,13,16,19,27-28,33-34H2,1-6H3,(H,77,80)(H,78,79). The van der Waals surface area contributed by atoms with Gasteiger partial charge >= 0.3 is 12.4 Å². The maximum Gasteiger partial charge on any atom is 0.416 e. The predicted octanol–water partition coefficient (Wildman–Crippen LogP) is 18.4. The van der Waals surface area contributed by atoms with E-state index in [0.717, 1.165) is 54.6 Å². The molecule has 5 aliphatic rings. The SMILES string of the molecule is CCCCCC1CCC2C(C1)C1CCC(C(=O)Nc3ccc(C(=O)Nc4ccc(-c5cc6c7c(c8c(c6cc5OC)OC(c5ccccc5)(c5ccc(OC)cc5)C=C8)C(C)(C)c5c-7cc(C(F)(F)F)cc5C(F)(F)F)c(C)c4)cc3)CC21. The first-order valence-electron chi connectivity index (χ1n) is 29.2. The first kappa shape index (κ1) is 56.0. The number of amides is 2. The molecule has 2 N–H and O–H groups in total. The Morgan fingerprint density at radius 2 is 1.36 bits per heavy atom. The van der Waals surface area contributed by atoms with Gasteiger partial charge < -0.3 is 24.8 Å². The summed E-state index contributed by atoms with van der Waals surface area (Å²) in [5, 5.41) is 6.89. The van der Waals surface area contributed by atoms with Gasteiger partial charge in [-0.15, -0.1) is 0 Å². The Bertz CT molecular complexity index is 3700. The van der Waals surface area contributed by atoms with Gasteiger partial charge in [0.15, 0.2) is 5.60 Å². The quantitative estimate of drug-likeness (QED) is 0.0888. The number of methoxy groups -OCH3 is 2. The van der Waals surface area contributed by atoms with Crippen molar-refractivity contribution in [2.75, 3.05) is 24.9 Å². The molecule has 7 unspecified atom stereocenters.